The van der Waals surface area contributed by atoms with Crippen molar-refractivity contribution in [2.24, 2.45) is 0 Å². The van der Waals surface area contributed by atoms with Gasteiger partial charge in [0.2, 0.25) is 5.75 Å². The van der Waals surface area contributed by atoms with Crippen LogP contribution >= 0.6 is 15.9 Å². The van der Waals surface area contributed by atoms with Crippen LogP contribution < -0.4 is 4.74 Å². The number of rotatable bonds is 5. The molecule has 0 aliphatic carbocycles. The normalized spacial score (nSPS) is 11.8. The first-order valence-electron chi connectivity index (χ1n) is 5.22. The molecular weight excluding hydrogens is 325 g/mol. The molecule has 0 fully saturated rings. The van der Waals surface area contributed by atoms with Gasteiger partial charge in [0, 0.05) is 0 Å². The minimum atomic E-state index is -0.758. The monoisotopic (exact) mass is 335 g/mol. The van der Waals surface area contributed by atoms with E-state index >= 15 is 0 Å². The number of nitrogens with zero attached hydrogens (tertiary/aromatic N) is 1. The summed E-state index contributed by atoms with van der Waals surface area (Å²) in [6.45, 7) is 1.55. The van der Waals surface area contributed by atoms with Crippen LogP contribution in [0.4, 0.5) is 10.1 Å². The van der Waals surface area contributed by atoms with Crippen LogP contribution in [0.1, 0.15) is 13.3 Å². The molecule has 8 heteroatoms. The lowest BCUT2D eigenvalue weighted by molar-refractivity contribution is -0.386. The molecule has 0 spiro atoms. The smallest absolute Gasteiger partial charge is 0.315 e. The van der Waals surface area contributed by atoms with Crippen molar-refractivity contribution < 1.29 is 23.6 Å². The maximum atomic E-state index is 13.1. The summed E-state index contributed by atoms with van der Waals surface area (Å²) in [5.74, 6) is -1.39. The predicted molar refractivity (Wildman–Crippen MR) is 67.5 cm³/mol. The zero-order valence-electron chi connectivity index (χ0n) is 10.2. The highest BCUT2D eigenvalue weighted by molar-refractivity contribution is 9.10. The Kier molecular flexibility index (Phi) is 5.22. The van der Waals surface area contributed by atoms with Crippen molar-refractivity contribution in [3.63, 3.8) is 0 Å². The summed E-state index contributed by atoms with van der Waals surface area (Å²) in [7, 11) is 1.23. The van der Waals surface area contributed by atoms with Gasteiger partial charge in [-0.2, -0.15) is 0 Å². The number of carbonyl (C=O) groups excluding carboxylic acids is 1. The fourth-order valence-electron chi connectivity index (χ4n) is 1.36. The largest absolute Gasteiger partial charge is 0.482 e. The average Bonchev–Trinajstić information content (AvgIpc) is 2.31. The van der Waals surface area contributed by atoms with Gasteiger partial charge in [0.25, 0.3) is 0 Å². The topological polar surface area (TPSA) is 78.7 Å². The van der Waals surface area contributed by atoms with Crippen LogP contribution in [-0.4, -0.2) is 24.1 Å². The molecule has 0 aromatic heterocycles. The van der Waals surface area contributed by atoms with Crippen molar-refractivity contribution in [2.75, 3.05) is 7.11 Å². The quantitative estimate of drug-likeness (QED) is 0.469. The van der Waals surface area contributed by atoms with Crippen LogP contribution in [0.2, 0.25) is 0 Å². The van der Waals surface area contributed by atoms with Gasteiger partial charge >= 0.3 is 11.7 Å². The molecule has 104 valence electrons. The maximum Gasteiger partial charge on any atom is 0.315 e. The van der Waals surface area contributed by atoms with Gasteiger partial charge in [-0.1, -0.05) is 0 Å². The van der Waals surface area contributed by atoms with Crippen LogP contribution in [0.25, 0.3) is 0 Å². The third-order valence-electron chi connectivity index (χ3n) is 2.19. The van der Waals surface area contributed by atoms with Gasteiger partial charge in [0.1, 0.15) is 11.9 Å². The standard InChI is InChI=1S/C11H11BrFNO5/c1-6(3-10(15)18-2)19-11-8(12)4-7(13)5-9(11)14(16)17/h4-6H,3H2,1-2H3. The molecule has 0 amide bonds. The molecular formula is C11H11BrFNO5. The van der Waals surface area contributed by atoms with Crippen LogP contribution in [0.15, 0.2) is 16.6 Å². The lowest BCUT2D eigenvalue weighted by atomic mass is 10.2. The van der Waals surface area contributed by atoms with Gasteiger partial charge in [-0.3, -0.25) is 14.9 Å². The molecule has 0 bridgehead atoms. The SMILES string of the molecule is COC(=O)CC(C)Oc1c(Br)cc(F)cc1[N+](=O)[O-]. The third kappa shape index (κ3) is 4.16. The Morgan fingerprint density at radius 1 is 1.58 bits per heavy atom. The van der Waals surface area contributed by atoms with E-state index in [1.54, 1.807) is 6.92 Å². The Bertz CT molecular complexity index is 508. The second kappa shape index (κ2) is 6.46. The summed E-state index contributed by atoms with van der Waals surface area (Å²) in [5.41, 5.74) is -0.511. The number of halogens is 2. The molecule has 0 N–H and O–H groups in total. The third-order valence-corrected chi connectivity index (χ3v) is 2.78. The molecule has 1 aromatic carbocycles. The molecule has 6 nitrogen and oxygen atoms in total. The number of esters is 1. The molecule has 1 aromatic rings. The molecule has 0 radical (unpaired) electrons. The molecule has 1 atom stereocenters. The number of hydrogen-bond acceptors (Lipinski definition) is 5. The number of carbonyl (C=O) groups is 1. The minimum Gasteiger partial charge on any atom is -0.482 e. The van der Waals surface area contributed by atoms with Crippen molar-refractivity contribution in [2.45, 2.75) is 19.4 Å². The van der Waals surface area contributed by atoms with Crippen LogP contribution in [0.5, 0.6) is 5.75 Å². The maximum absolute atomic E-state index is 13.1. The number of methoxy groups -OCH3 is 1. The van der Waals surface area contributed by atoms with E-state index in [0.717, 1.165) is 12.1 Å². The van der Waals surface area contributed by atoms with E-state index in [0.29, 0.717) is 0 Å². The Morgan fingerprint density at radius 3 is 2.74 bits per heavy atom. The van der Waals surface area contributed by atoms with E-state index in [2.05, 4.69) is 20.7 Å². The van der Waals surface area contributed by atoms with E-state index in [1.165, 1.54) is 7.11 Å². The summed E-state index contributed by atoms with van der Waals surface area (Å²) < 4.78 is 23.0. The summed E-state index contributed by atoms with van der Waals surface area (Å²) in [6, 6.07) is 1.80. The minimum absolute atomic E-state index is 0.0720. The summed E-state index contributed by atoms with van der Waals surface area (Å²) in [4.78, 5) is 21.1. The van der Waals surface area contributed by atoms with Gasteiger partial charge in [0.05, 0.1) is 29.0 Å². The molecule has 0 aliphatic heterocycles. The number of nitro benzene ring substituents is 1. The number of benzene rings is 1. The number of nitro groups is 1. The van der Waals surface area contributed by atoms with E-state index in [1.807, 2.05) is 0 Å². The lowest BCUT2D eigenvalue weighted by Crippen LogP contribution is -2.18. The Hall–Kier alpha value is -1.70. The van der Waals surface area contributed by atoms with Gasteiger partial charge in [0.15, 0.2) is 0 Å². The Labute approximate surface area is 116 Å². The zero-order valence-corrected chi connectivity index (χ0v) is 11.8. The van der Waals surface area contributed by atoms with Crippen LogP contribution in [-0.2, 0) is 9.53 Å². The molecule has 0 aliphatic rings. The Morgan fingerprint density at radius 2 is 2.21 bits per heavy atom. The molecule has 0 saturated heterocycles. The summed E-state index contributed by atoms with van der Waals surface area (Å²) in [5, 5.41) is 10.8. The summed E-state index contributed by atoms with van der Waals surface area (Å²) >= 11 is 2.99. The van der Waals surface area contributed by atoms with Crippen LogP contribution in [0, 0.1) is 15.9 Å². The average molecular weight is 336 g/mol. The fourth-order valence-corrected chi connectivity index (χ4v) is 1.88. The van der Waals surface area contributed by atoms with Crippen LogP contribution in [0.3, 0.4) is 0 Å². The highest BCUT2D eigenvalue weighted by atomic mass is 79.9. The first-order valence-corrected chi connectivity index (χ1v) is 6.01. The molecule has 1 rings (SSSR count). The van der Waals surface area contributed by atoms with Crippen molar-refractivity contribution in [3.05, 3.63) is 32.5 Å². The first kappa shape index (κ1) is 15.4. The van der Waals surface area contributed by atoms with Gasteiger partial charge in [-0.05, 0) is 28.9 Å². The second-order valence-electron chi connectivity index (χ2n) is 3.70. The van der Waals surface area contributed by atoms with Crippen molar-refractivity contribution in [3.8, 4) is 5.75 Å². The lowest BCUT2D eigenvalue weighted by Gasteiger charge is -2.14. The van der Waals surface area contributed by atoms with Crippen molar-refractivity contribution in [1.29, 1.82) is 0 Å². The molecule has 1 unspecified atom stereocenters. The van der Waals surface area contributed by atoms with E-state index < -0.39 is 28.5 Å². The summed E-state index contributed by atoms with van der Waals surface area (Å²) in [6.07, 6.45) is -0.717. The highest BCUT2D eigenvalue weighted by Gasteiger charge is 2.23. The Balaban J connectivity index is 3.00. The fraction of sp³-hybridized carbons (Fsp3) is 0.364. The van der Waals surface area contributed by atoms with E-state index in [-0.39, 0.29) is 16.6 Å². The molecule has 0 heterocycles. The van der Waals surface area contributed by atoms with Gasteiger partial charge in [-0.15, -0.1) is 0 Å². The molecule has 0 saturated carbocycles. The van der Waals surface area contributed by atoms with Gasteiger partial charge < -0.3 is 9.47 Å². The zero-order chi connectivity index (χ0) is 14.6. The first-order chi connectivity index (χ1) is 8.85. The predicted octanol–water partition coefficient (Wildman–Crippen LogP) is 2.83. The number of ether oxygens (including phenoxy) is 2. The van der Waals surface area contributed by atoms with Crippen molar-refractivity contribution >= 4 is 27.6 Å². The molecule has 19 heavy (non-hydrogen) atoms. The second-order valence-corrected chi connectivity index (χ2v) is 4.56. The van der Waals surface area contributed by atoms with Gasteiger partial charge in [-0.25, -0.2) is 4.39 Å². The van der Waals surface area contributed by atoms with Crippen molar-refractivity contribution in [1.82, 2.24) is 0 Å². The van der Waals surface area contributed by atoms with E-state index in [4.69, 9.17) is 4.74 Å². The van der Waals surface area contributed by atoms with E-state index in [9.17, 15) is 19.3 Å². The number of hydrogen-bond donors (Lipinski definition) is 0. The highest BCUT2D eigenvalue weighted by Crippen LogP contribution is 2.36.